The molecule has 3 aliphatic rings. The molecular weight excluding hydrogens is 474 g/mol. The number of aromatic nitrogens is 4. The Hall–Kier alpha value is -2.97. The molecule has 1 unspecified atom stereocenters. The van der Waals surface area contributed by atoms with Gasteiger partial charge >= 0.3 is 0 Å². The number of hydrogen-bond acceptors (Lipinski definition) is 10. The Morgan fingerprint density at radius 3 is 2.43 bits per heavy atom. The number of hydrogen-bond donors (Lipinski definition) is 6. The summed E-state index contributed by atoms with van der Waals surface area (Å²) in [5, 5.41) is 25.8. The Balaban J connectivity index is 1.33. The van der Waals surface area contributed by atoms with Crippen molar-refractivity contribution in [3.05, 3.63) is 17.5 Å². The molecule has 0 spiro atoms. The predicted octanol–water partition coefficient (Wildman–Crippen LogP) is 0.0873. The zero-order valence-corrected chi connectivity index (χ0v) is 20.3. The fourth-order valence-corrected chi connectivity index (χ4v) is 5.80. The molecule has 2 aromatic rings. The lowest BCUT2D eigenvalue weighted by atomic mass is 9.92. The van der Waals surface area contributed by atoms with E-state index >= 15 is 0 Å². The van der Waals surface area contributed by atoms with E-state index in [9.17, 15) is 18.3 Å². The summed E-state index contributed by atoms with van der Waals surface area (Å²) in [5.74, 6) is 0.747. The molecule has 2 aromatic heterocycles. The van der Waals surface area contributed by atoms with Crippen molar-refractivity contribution in [2.45, 2.75) is 76.3 Å². The third-order valence-electron chi connectivity index (χ3n) is 6.29. The topological polar surface area (TPSA) is 175 Å². The van der Waals surface area contributed by atoms with Gasteiger partial charge in [0.25, 0.3) is 5.91 Å². The number of sulfonamides is 1. The Bertz CT molecular complexity index is 1230. The Morgan fingerprint density at radius 2 is 1.77 bits per heavy atom. The van der Waals surface area contributed by atoms with E-state index in [0.29, 0.717) is 35.6 Å². The summed E-state index contributed by atoms with van der Waals surface area (Å²) in [6.45, 7) is 1.86. The smallest absolute Gasteiger partial charge is 0.270 e. The van der Waals surface area contributed by atoms with Gasteiger partial charge in [0.2, 0.25) is 28.3 Å². The van der Waals surface area contributed by atoms with Crippen LogP contribution < -0.4 is 26.0 Å². The minimum absolute atomic E-state index is 0.0476. The number of fused-ring (bicyclic) bond motifs is 1. The first-order valence-corrected chi connectivity index (χ1v) is 13.7. The lowest BCUT2D eigenvalue weighted by molar-refractivity contribution is -0.117. The first kappa shape index (κ1) is 23.8. The van der Waals surface area contributed by atoms with Crippen LogP contribution in [0.3, 0.4) is 0 Å². The van der Waals surface area contributed by atoms with Gasteiger partial charge in [-0.3, -0.25) is 4.79 Å². The van der Waals surface area contributed by atoms with E-state index in [2.05, 4.69) is 41.1 Å². The van der Waals surface area contributed by atoms with Gasteiger partial charge in [0.15, 0.2) is 5.65 Å². The van der Waals surface area contributed by atoms with E-state index in [4.69, 9.17) is 0 Å². The van der Waals surface area contributed by atoms with Crippen molar-refractivity contribution < 1.29 is 18.3 Å². The second-order valence-corrected chi connectivity index (χ2v) is 11.2. The highest BCUT2D eigenvalue weighted by atomic mass is 32.2. The first-order chi connectivity index (χ1) is 16.8. The van der Waals surface area contributed by atoms with E-state index in [1.807, 2.05) is 6.92 Å². The second kappa shape index (κ2) is 9.59. The maximum atomic E-state index is 12.1. The van der Waals surface area contributed by atoms with Crippen LogP contribution in [-0.4, -0.2) is 69.2 Å². The van der Waals surface area contributed by atoms with Crippen LogP contribution in [-0.2, 0) is 14.8 Å². The van der Waals surface area contributed by atoms with Crippen molar-refractivity contribution in [2.75, 3.05) is 16.4 Å². The highest BCUT2D eigenvalue weighted by Gasteiger charge is 2.28. The molecule has 3 fully saturated rings. The molecule has 14 heteroatoms. The summed E-state index contributed by atoms with van der Waals surface area (Å²) < 4.78 is 28.6. The summed E-state index contributed by atoms with van der Waals surface area (Å²) in [4.78, 5) is 21.3. The van der Waals surface area contributed by atoms with Gasteiger partial charge in [-0.05, 0) is 51.0 Å². The van der Waals surface area contributed by atoms with Crippen LogP contribution in [0, 0.1) is 0 Å². The van der Waals surface area contributed by atoms with Crippen LogP contribution in [0.5, 0.6) is 0 Å². The first-order valence-electron chi connectivity index (χ1n) is 12.1. The summed E-state index contributed by atoms with van der Waals surface area (Å²) in [7, 11) is -3.23. The van der Waals surface area contributed by atoms with Gasteiger partial charge < -0.3 is 26.4 Å². The number of amides is 1. The third-order valence-corrected chi connectivity index (χ3v) is 7.93. The Labute approximate surface area is 203 Å². The number of nitrogens with zero attached hydrogens (tertiary/aromatic N) is 4. The minimum atomic E-state index is -3.23. The maximum Gasteiger partial charge on any atom is 0.270 e. The molecule has 0 bridgehead atoms. The molecular formula is C21H31N9O4S. The molecule has 6 N–H and O–H groups in total. The fraction of sp³-hybridized carbons (Fsp3) is 0.619. The summed E-state index contributed by atoms with van der Waals surface area (Å²) in [5.41, 5.74) is 1.35. The normalized spacial score (nSPS) is 26.1. The Kier molecular flexibility index (Phi) is 6.51. The molecule has 5 rings (SSSR count). The highest BCUT2D eigenvalue weighted by Crippen LogP contribution is 2.27. The van der Waals surface area contributed by atoms with Crippen LogP contribution in [0.15, 0.2) is 11.9 Å². The van der Waals surface area contributed by atoms with Crippen LogP contribution in [0.4, 0.5) is 11.9 Å². The van der Waals surface area contributed by atoms with Crippen molar-refractivity contribution in [2.24, 2.45) is 0 Å². The van der Waals surface area contributed by atoms with Crippen molar-refractivity contribution >= 4 is 39.6 Å². The molecule has 35 heavy (non-hydrogen) atoms. The predicted molar refractivity (Wildman–Crippen MR) is 130 cm³/mol. The molecule has 2 saturated carbocycles. The van der Waals surface area contributed by atoms with Crippen LogP contribution in [0.25, 0.3) is 11.7 Å². The van der Waals surface area contributed by atoms with Gasteiger partial charge in [-0.1, -0.05) is 6.92 Å². The molecule has 1 aliphatic heterocycles. The molecule has 1 amide bonds. The lowest BCUT2D eigenvalue weighted by Crippen LogP contribution is -2.41. The van der Waals surface area contributed by atoms with Crippen molar-refractivity contribution in [1.29, 1.82) is 0 Å². The van der Waals surface area contributed by atoms with Crippen molar-refractivity contribution in [3.8, 4) is 0 Å². The van der Waals surface area contributed by atoms with Crippen molar-refractivity contribution in [3.63, 3.8) is 0 Å². The van der Waals surface area contributed by atoms with Gasteiger partial charge in [-0.25, -0.2) is 13.1 Å². The molecule has 13 nitrogen and oxygen atoms in total. The second-order valence-electron chi connectivity index (χ2n) is 9.33. The number of rotatable bonds is 9. The van der Waals surface area contributed by atoms with E-state index in [-0.39, 0.29) is 23.5 Å². The van der Waals surface area contributed by atoms with Crippen molar-refractivity contribution in [1.82, 2.24) is 34.9 Å². The van der Waals surface area contributed by atoms with E-state index in [0.717, 1.165) is 38.5 Å². The average Bonchev–Trinajstić information content (AvgIpc) is 3.43. The Morgan fingerprint density at radius 1 is 1.09 bits per heavy atom. The average molecular weight is 506 g/mol. The molecule has 2 aliphatic carbocycles. The standard InChI is InChI=1S/C21H31N9O4S/c1-2-9-35(33,34)29-15-7-5-13(6-8-15)23-19-26-17-12(10-16-18(31)27-21(32)25-16)11-22-30(17)20(28-19)24-14-3-4-14/h10-11,13-15,21,25,29,32H,2-9H2,1H3,(H,27,31)(H2,23,24,26,28)/b16-10-. The van der Waals surface area contributed by atoms with Crippen LogP contribution in [0.1, 0.15) is 57.4 Å². The SMILES string of the molecule is CCCS(=O)(=O)NC1CCC(Nc2nc(NC3CC3)n3ncc(/C=C4\NC(O)NC4=O)c3n2)CC1. The van der Waals surface area contributed by atoms with Gasteiger partial charge in [0.05, 0.1) is 11.9 Å². The number of nitrogens with one attached hydrogen (secondary N) is 5. The summed E-state index contributed by atoms with van der Waals surface area (Å²) >= 11 is 0. The molecule has 190 valence electrons. The zero-order chi connectivity index (χ0) is 24.6. The molecule has 0 aromatic carbocycles. The molecule has 1 saturated heterocycles. The minimum Gasteiger partial charge on any atom is -0.356 e. The zero-order valence-electron chi connectivity index (χ0n) is 19.5. The highest BCUT2D eigenvalue weighted by molar-refractivity contribution is 7.89. The fourth-order valence-electron chi connectivity index (χ4n) is 4.40. The third kappa shape index (κ3) is 5.65. The van der Waals surface area contributed by atoms with E-state index in [1.165, 1.54) is 0 Å². The number of aliphatic hydroxyl groups excluding tert-OH is 1. The van der Waals surface area contributed by atoms with Gasteiger partial charge in [0, 0.05) is 23.7 Å². The van der Waals surface area contributed by atoms with Crippen LogP contribution >= 0.6 is 0 Å². The largest absolute Gasteiger partial charge is 0.356 e. The van der Waals surface area contributed by atoms with Gasteiger partial charge in [0.1, 0.15) is 5.70 Å². The molecule has 3 heterocycles. The van der Waals surface area contributed by atoms with Crippen LogP contribution in [0.2, 0.25) is 0 Å². The number of carbonyl (C=O) groups is 1. The molecule has 0 radical (unpaired) electrons. The summed E-state index contributed by atoms with van der Waals surface area (Å²) in [6.07, 6.45) is 7.85. The van der Waals surface area contributed by atoms with E-state index < -0.39 is 22.3 Å². The number of carbonyl (C=O) groups excluding carboxylic acids is 1. The number of aliphatic hydroxyl groups is 1. The van der Waals surface area contributed by atoms with Gasteiger partial charge in [-0.2, -0.15) is 19.6 Å². The maximum absolute atomic E-state index is 12.1. The van der Waals surface area contributed by atoms with Gasteiger partial charge in [-0.15, -0.1) is 0 Å². The number of anilines is 2. The van der Waals surface area contributed by atoms with E-state index in [1.54, 1.807) is 16.8 Å². The quantitative estimate of drug-likeness (QED) is 0.256. The lowest BCUT2D eigenvalue weighted by Gasteiger charge is -2.29. The molecule has 1 atom stereocenters. The monoisotopic (exact) mass is 505 g/mol. The summed E-state index contributed by atoms with van der Waals surface area (Å²) in [6, 6.07) is 0.407.